The molecule has 7 heteroatoms. The zero-order chi connectivity index (χ0) is 19.5. The molecule has 0 atom stereocenters. The zero-order valence-electron chi connectivity index (χ0n) is 16.5. The molecule has 3 aromatic rings. The van der Waals surface area contributed by atoms with Gasteiger partial charge in [0.25, 0.3) is 5.91 Å². The average molecular weight is 430 g/mol. The quantitative estimate of drug-likeness (QED) is 0.641. The summed E-state index contributed by atoms with van der Waals surface area (Å²) in [6.45, 7) is 3.97. The molecule has 1 aliphatic heterocycles. The van der Waals surface area contributed by atoms with Crippen LogP contribution in [0.4, 0.5) is 5.13 Å². The molecule has 0 bridgehead atoms. The minimum absolute atomic E-state index is 0. The Morgan fingerprint density at radius 1 is 1.14 bits per heavy atom. The summed E-state index contributed by atoms with van der Waals surface area (Å²) >= 11 is 1.42. The van der Waals surface area contributed by atoms with Gasteiger partial charge in [0.2, 0.25) is 0 Å². The summed E-state index contributed by atoms with van der Waals surface area (Å²) < 4.78 is 5.45. The number of thiazole rings is 1. The van der Waals surface area contributed by atoms with Crippen LogP contribution in [-0.4, -0.2) is 31.1 Å². The molecule has 0 fully saturated rings. The van der Waals surface area contributed by atoms with E-state index in [1.807, 2.05) is 42.6 Å². The monoisotopic (exact) mass is 429 g/mol. The molecular formula is C22H24ClN3O2S. The summed E-state index contributed by atoms with van der Waals surface area (Å²) in [7, 11) is 1.65. The first-order valence-electron chi connectivity index (χ1n) is 9.38. The molecule has 0 unspecified atom stereocenters. The maximum atomic E-state index is 12.7. The highest BCUT2D eigenvalue weighted by Gasteiger charge is 2.15. The lowest BCUT2D eigenvalue weighted by atomic mass is 10.00. The highest BCUT2D eigenvalue weighted by atomic mass is 35.5. The van der Waals surface area contributed by atoms with E-state index in [1.54, 1.807) is 7.11 Å². The molecule has 0 saturated heterocycles. The Morgan fingerprint density at radius 2 is 1.93 bits per heavy atom. The molecule has 1 aromatic heterocycles. The molecule has 0 saturated carbocycles. The van der Waals surface area contributed by atoms with Crippen LogP contribution < -0.4 is 15.4 Å². The van der Waals surface area contributed by atoms with E-state index in [2.05, 4.69) is 21.7 Å². The standard InChI is InChI=1S/C22H23N3O2S.ClH/c1-14-3-6-20(27-2)18(11-14)19-13-28-22(24-19)25-21(26)17-5-4-15-7-9-23-10-8-16(15)12-17;/h3-6,11-13,23H,7-10H2,1-2H3,(H,24,25,26);1H. The molecule has 2 aromatic carbocycles. The second-order valence-corrected chi connectivity index (χ2v) is 7.79. The number of carbonyl (C=O) groups excluding carboxylic acids is 1. The second kappa shape index (κ2) is 9.39. The van der Waals surface area contributed by atoms with Gasteiger partial charge in [-0.1, -0.05) is 17.7 Å². The van der Waals surface area contributed by atoms with Crippen molar-refractivity contribution in [3.05, 3.63) is 64.0 Å². The highest BCUT2D eigenvalue weighted by molar-refractivity contribution is 7.14. The van der Waals surface area contributed by atoms with E-state index < -0.39 is 0 Å². The number of aryl methyl sites for hydroxylation is 1. The number of benzene rings is 2. The third-order valence-corrected chi connectivity index (χ3v) is 5.72. The van der Waals surface area contributed by atoms with Crippen molar-refractivity contribution in [3.63, 3.8) is 0 Å². The Bertz CT molecular complexity index is 1020. The van der Waals surface area contributed by atoms with E-state index in [4.69, 9.17) is 4.74 Å². The van der Waals surface area contributed by atoms with Gasteiger partial charge in [-0.25, -0.2) is 4.98 Å². The Labute approximate surface area is 180 Å². The molecule has 4 rings (SSSR count). The molecular weight excluding hydrogens is 406 g/mol. The van der Waals surface area contributed by atoms with Crippen molar-refractivity contribution in [2.24, 2.45) is 0 Å². The maximum Gasteiger partial charge on any atom is 0.257 e. The maximum absolute atomic E-state index is 12.7. The van der Waals surface area contributed by atoms with E-state index in [-0.39, 0.29) is 18.3 Å². The minimum Gasteiger partial charge on any atom is -0.496 e. The first kappa shape index (κ1) is 21.3. The first-order valence-corrected chi connectivity index (χ1v) is 10.3. The van der Waals surface area contributed by atoms with E-state index in [9.17, 15) is 4.79 Å². The third-order valence-electron chi connectivity index (χ3n) is 4.97. The van der Waals surface area contributed by atoms with Crippen molar-refractivity contribution in [1.82, 2.24) is 10.3 Å². The molecule has 152 valence electrons. The number of rotatable bonds is 4. The van der Waals surface area contributed by atoms with Crippen LogP contribution in [0, 0.1) is 6.92 Å². The van der Waals surface area contributed by atoms with Crippen LogP contribution in [0.1, 0.15) is 27.0 Å². The predicted octanol–water partition coefficient (Wildman–Crippen LogP) is 4.49. The van der Waals surface area contributed by atoms with Gasteiger partial charge in [0, 0.05) is 16.5 Å². The molecule has 0 radical (unpaired) electrons. The lowest BCUT2D eigenvalue weighted by Gasteiger charge is -2.08. The topological polar surface area (TPSA) is 63.2 Å². The fraction of sp³-hybridized carbons (Fsp3) is 0.273. The summed E-state index contributed by atoms with van der Waals surface area (Å²) in [6, 6.07) is 12.0. The number of halogens is 1. The number of ether oxygens (including phenoxy) is 1. The number of nitrogens with zero attached hydrogens (tertiary/aromatic N) is 1. The smallest absolute Gasteiger partial charge is 0.257 e. The summed E-state index contributed by atoms with van der Waals surface area (Å²) in [6.07, 6.45) is 1.95. The fourth-order valence-corrected chi connectivity index (χ4v) is 4.17. The summed E-state index contributed by atoms with van der Waals surface area (Å²) in [5.41, 5.74) is 6.11. The van der Waals surface area contributed by atoms with Gasteiger partial charge in [-0.15, -0.1) is 23.7 Å². The number of aromatic nitrogens is 1. The van der Waals surface area contributed by atoms with Crippen molar-refractivity contribution in [2.75, 3.05) is 25.5 Å². The molecule has 0 spiro atoms. The number of methoxy groups -OCH3 is 1. The number of anilines is 1. The largest absolute Gasteiger partial charge is 0.496 e. The predicted molar refractivity (Wildman–Crippen MR) is 121 cm³/mol. The highest BCUT2D eigenvalue weighted by Crippen LogP contribution is 2.33. The average Bonchev–Trinajstić information content (AvgIpc) is 3.03. The number of hydrogen-bond acceptors (Lipinski definition) is 5. The van der Waals surface area contributed by atoms with Crippen molar-refractivity contribution in [2.45, 2.75) is 19.8 Å². The molecule has 1 amide bonds. The van der Waals surface area contributed by atoms with Gasteiger partial charge in [-0.3, -0.25) is 10.1 Å². The number of nitrogens with one attached hydrogen (secondary N) is 2. The molecule has 2 heterocycles. The first-order chi connectivity index (χ1) is 13.6. The molecule has 0 aliphatic carbocycles. The Morgan fingerprint density at radius 3 is 2.72 bits per heavy atom. The number of hydrogen-bond donors (Lipinski definition) is 2. The number of fused-ring (bicyclic) bond motifs is 1. The van der Waals surface area contributed by atoms with E-state index in [1.165, 1.54) is 22.5 Å². The normalized spacial score (nSPS) is 13.0. The number of amides is 1. The van der Waals surface area contributed by atoms with Gasteiger partial charge in [-0.05, 0) is 68.2 Å². The van der Waals surface area contributed by atoms with E-state index in [0.717, 1.165) is 48.5 Å². The summed E-state index contributed by atoms with van der Waals surface area (Å²) in [5.74, 6) is 0.644. The van der Waals surface area contributed by atoms with Crippen molar-refractivity contribution >= 4 is 34.8 Å². The van der Waals surface area contributed by atoms with E-state index in [0.29, 0.717) is 10.7 Å². The van der Waals surface area contributed by atoms with Gasteiger partial charge in [0.1, 0.15) is 5.75 Å². The van der Waals surface area contributed by atoms with Crippen LogP contribution >= 0.6 is 23.7 Å². The lowest BCUT2D eigenvalue weighted by Crippen LogP contribution is -2.16. The Hall–Kier alpha value is -2.41. The van der Waals surface area contributed by atoms with Crippen molar-refractivity contribution in [3.8, 4) is 17.0 Å². The Balaban J connectivity index is 0.00000240. The van der Waals surface area contributed by atoms with Gasteiger partial charge >= 0.3 is 0 Å². The van der Waals surface area contributed by atoms with Crippen molar-refractivity contribution in [1.29, 1.82) is 0 Å². The van der Waals surface area contributed by atoms with Crippen LogP contribution in [0.15, 0.2) is 41.8 Å². The minimum atomic E-state index is -0.128. The summed E-state index contributed by atoms with van der Waals surface area (Å²) in [5, 5.41) is 8.85. The number of carbonyl (C=O) groups is 1. The van der Waals surface area contributed by atoms with Crippen LogP contribution in [0.25, 0.3) is 11.3 Å². The van der Waals surface area contributed by atoms with Crippen LogP contribution in [0.2, 0.25) is 0 Å². The van der Waals surface area contributed by atoms with Gasteiger partial charge in [0.15, 0.2) is 5.13 Å². The van der Waals surface area contributed by atoms with Crippen LogP contribution in [0.3, 0.4) is 0 Å². The molecule has 29 heavy (non-hydrogen) atoms. The molecule has 5 nitrogen and oxygen atoms in total. The third kappa shape index (κ3) is 4.78. The summed E-state index contributed by atoms with van der Waals surface area (Å²) in [4.78, 5) is 17.3. The van der Waals surface area contributed by atoms with Crippen LogP contribution in [0.5, 0.6) is 5.75 Å². The Kier molecular flexibility index (Phi) is 6.90. The van der Waals surface area contributed by atoms with Gasteiger partial charge < -0.3 is 10.1 Å². The zero-order valence-corrected chi connectivity index (χ0v) is 18.1. The fourth-order valence-electron chi connectivity index (χ4n) is 3.46. The van der Waals surface area contributed by atoms with Gasteiger partial charge in [0.05, 0.1) is 12.8 Å². The van der Waals surface area contributed by atoms with Crippen molar-refractivity contribution < 1.29 is 9.53 Å². The molecule has 1 aliphatic rings. The van der Waals surface area contributed by atoms with Gasteiger partial charge in [-0.2, -0.15) is 0 Å². The SMILES string of the molecule is COc1ccc(C)cc1-c1csc(NC(=O)c2ccc3c(c2)CCNCC3)n1.Cl. The second-order valence-electron chi connectivity index (χ2n) is 6.93. The lowest BCUT2D eigenvalue weighted by molar-refractivity contribution is 0.102. The van der Waals surface area contributed by atoms with E-state index >= 15 is 0 Å². The van der Waals surface area contributed by atoms with Crippen LogP contribution in [-0.2, 0) is 12.8 Å². The molecule has 2 N–H and O–H groups in total.